The first-order valence-electron chi connectivity index (χ1n) is 0.567. The molecule has 0 bridgehead atoms. The Kier molecular flexibility index (Phi) is 12.6. The zero-order valence-electron chi connectivity index (χ0n) is 1.63. The summed E-state index contributed by atoms with van der Waals surface area (Å²) in [5.41, 5.74) is 0. The van der Waals surface area contributed by atoms with Crippen LogP contribution >= 0.6 is 27.9 Å². The number of hydrogen-bond donors (Lipinski definition) is 0. The molecule has 0 saturated carbocycles. The van der Waals surface area contributed by atoms with E-state index < -0.39 is 14.7 Å². The molecule has 0 aromatic heterocycles. The van der Waals surface area contributed by atoms with Crippen molar-refractivity contribution in [3.05, 3.63) is 0 Å². The maximum absolute atomic E-state index is 4.97. The summed E-state index contributed by atoms with van der Waals surface area (Å²) in [6.07, 6.45) is 0. The molecule has 0 amide bonds. The minimum absolute atomic E-state index is 0. The Bertz CT molecular complexity index is 11.6. The summed E-state index contributed by atoms with van der Waals surface area (Å²) < 4.78 is 0. The molecule has 5 heavy (non-hydrogen) atoms. The molecule has 0 aliphatic carbocycles. The summed E-state index contributed by atoms with van der Waals surface area (Å²) in [4.78, 5) is 0. The van der Waals surface area contributed by atoms with Gasteiger partial charge in [0.15, 0.2) is 0 Å². The van der Waals surface area contributed by atoms with Crippen LogP contribution in [0.5, 0.6) is 0 Å². The molecule has 0 aliphatic heterocycles. The van der Waals surface area contributed by atoms with E-state index in [1.807, 2.05) is 0 Å². The number of rotatable bonds is 0. The average Bonchev–Trinajstić information content (AvgIpc) is 0.811. The van der Waals surface area contributed by atoms with E-state index in [1.54, 1.807) is 0 Å². The molecule has 0 rings (SSSR count). The van der Waals surface area contributed by atoms with Crippen LogP contribution in [0.1, 0.15) is 0 Å². The molecule has 5 heteroatoms. The van der Waals surface area contributed by atoms with Crippen molar-refractivity contribution in [2.45, 2.75) is 0 Å². The third-order valence-corrected chi connectivity index (χ3v) is 0. The second-order valence-corrected chi connectivity index (χ2v) is 7.95. The van der Waals surface area contributed by atoms with Crippen LogP contribution in [-0.2, 0) is 14.7 Å². The first-order chi connectivity index (χ1) is 1.73. The molecule has 0 nitrogen and oxygen atoms in total. The third kappa shape index (κ3) is 22.7. The molecular formula is HCl3LiTi. The normalized spacial score (nSPS) is 5.40. The molecule has 0 aromatic carbocycles. The van der Waals surface area contributed by atoms with Crippen molar-refractivity contribution in [2.75, 3.05) is 0 Å². The van der Waals surface area contributed by atoms with Crippen LogP contribution in [0.2, 0.25) is 0 Å². The van der Waals surface area contributed by atoms with Crippen molar-refractivity contribution in [2.24, 2.45) is 0 Å². The van der Waals surface area contributed by atoms with Gasteiger partial charge in [-0.15, -0.1) is 0 Å². The zero-order chi connectivity index (χ0) is 3.58. The predicted octanol–water partition coefficient (Wildman–Crippen LogP) is 1.42. The Labute approximate surface area is 60.8 Å². The predicted molar refractivity (Wildman–Crippen MR) is 24.7 cm³/mol. The van der Waals surface area contributed by atoms with Crippen molar-refractivity contribution in [1.82, 2.24) is 0 Å². The van der Waals surface area contributed by atoms with Crippen LogP contribution < -0.4 is 0 Å². The van der Waals surface area contributed by atoms with Crippen LogP contribution in [0.25, 0.3) is 0 Å². The van der Waals surface area contributed by atoms with Gasteiger partial charge in [-0.2, -0.15) is 0 Å². The Morgan fingerprint density at radius 1 is 1.00 bits per heavy atom. The summed E-state index contributed by atoms with van der Waals surface area (Å²) in [5, 5.41) is 0. The van der Waals surface area contributed by atoms with Crippen molar-refractivity contribution in [1.29, 1.82) is 0 Å². The molecule has 0 fully saturated rings. The summed E-state index contributed by atoms with van der Waals surface area (Å²) in [5.74, 6) is 0. The van der Waals surface area contributed by atoms with Crippen LogP contribution in [-0.4, -0.2) is 18.9 Å². The van der Waals surface area contributed by atoms with Crippen molar-refractivity contribution in [3.8, 4) is 0 Å². The van der Waals surface area contributed by atoms with Gasteiger partial charge in [-0.1, -0.05) is 0 Å². The van der Waals surface area contributed by atoms with Gasteiger partial charge < -0.3 is 0 Å². The Morgan fingerprint density at radius 2 is 1.00 bits per heavy atom. The van der Waals surface area contributed by atoms with Gasteiger partial charge in [-0.25, -0.2) is 0 Å². The van der Waals surface area contributed by atoms with Crippen LogP contribution in [0.15, 0.2) is 0 Å². The number of hydrogen-bond acceptors (Lipinski definition) is 0. The average molecular weight is 162 g/mol. The fraction of sp³-hybridized carbons (Fsp3) is 0. The van der Waals surface area contributed by atoms with Crippen LogP contribution in [0.3, 0.4) is 0 Å². The summed E-state index contributed by atoms with van der Waals surface area (Å²) in [6, 6.07) is 0. The van der Waals surface area contributed by atoms with E-state index in [2.05, 4.69) is 0 Å². The molecule has 0 radical (unpaired) electrons. The first kappa shape index (κ1) is 10.2. The summed E-state index contributed by atoms with van der Waals surface area (Å²) >= 11 is -1.92. The topological polar surface area (TPSA) is 0 Å². The van der Waals surface area contributed by atoms with E-state index in [-0.39, 0.29) is 18.9 Å². The zero-order valence-corrected chi connectivity index (χ0v) is 5.46. The molecular weight excluding hydrogens is 161 g/mol. The van der Waals surface area contributed by atoms with E-state index in [9.17, 15) is 0 Å². The van der Waals surface area contributed by atoms with E-state index in [1.165, 1.54) is 0 Å². The van der Waals surface area contributed by atoms with E-state index in [0.29, 0.717) is 0 Å². The van der Waals surface area contributed by atoms with Gasteiger partial charge >= 0.3 is 61.5 Å². The van der Waals surface area contributed by atoms with Crippen molar-refractivity contribution >= 4 is 46.8 Å². The van der Waals surface area contributed by atoms with Crippen molar-refractivity contribution < 1.29 is 14.7 Å². The van der Waals surface area contributed by atoms with E-state index in [4.69, 9.17) is 27.9 Å². The monoisotopic (exact) mass is 161 g/mol. The standard InChI is InChI=1S/3ClH.Li.Ti.H/h3*1H;;;/q;;;;+3;/p-3. The third-order valence-electron chi connectivity index (χ3n) is 0. The van der Waals surface area contributed by atoms with Gasteiger partial charge in [-0.3, -0.25) is 0 Å². The Hall–Kier alpha value is 2.18. The van der Waals surface area contributed by atoms with Gasteiger partial charge in [0.2, 0.25) is 0 Å². The molecule has 0 atom stereocenters. The van der Waals surface area contributed by atoms with Crippen LogP contribution in [0, 0.1) is 0 Å². The second-order valence-electron chi connectivity index (χ2n) is 0.214. The Morgan fingerprint density at radius 3 is 1.00 bits per heavy atom. The Balaban J connectivity index is 0. The molecule has 27 valence electrons. The first-order valence-corrected chi connectivity index (χ1v) is 7.01. The molecule has 0 aromatic rings. The summed E-state index contributed by atoms with van der Waals surface area (Å²) in [7, 11) is 14.9. The minimum atomic E-state index is -1.92. The molecule has 0 heterocycles. The maximum atomic E-state index is 4.97. The van der Waals surface area contributed by atoms with Gasteiger partial charge in [0.05, 0.1) is 0 Å². The van der Waals surface area contributed by atoms with Gasteiger partial charge in [-0.05, 0) is 0 Å². The van der Waals surface area contributed by atoms with E-state index >= 15 is 0 Å². The summed E-state index contributed by atoms with van der Waals surface area (Å²) in [6.45, 7) is 0. The fourth-order valence-corrected chi connectivity index (χ4v) is 0. The second kappa shape index (κ2) is 6.18. The number of halogens is 3. The van der Waals surface area contributed by atoms with Gasteiger partial charge in [0.1, 0.15) is 0 Å². The van der Waals surface area contributed by atoms with Gasteiger partial charge in [0, 0.05) is 0 Å². The van der Waals surface area contributed by atoms with Crippen molar-refractivity contribution in [3.63, 3.8) is 0 Å². The SMILES string of the molecule is [Cl][Ti]([Cl])[Cl].[LiH]. The fourth-order valence-electron chi connectivity index (χ4n) is 0. The van der Waals surface area contributed by atoms with Crippen LogP contribution in [0.4, 0.5) is 0 Å². The molecule has 0 unspecified atom stereocenters. The molecule has 0 aliphatic rings. The quantitative estimate of drug-likeness (QED) is 0.472. The molecule has 0 saturated heterocycles. The van der Waals surface area contributed by atoms with E-state index in [0.717, 1.165) is 0 Å². The molecule has 0 spiro atoms. The molecule has 0 N–H and O–H groups in total. The van der Waals surface area contributed by atoms with Gasteiger partial charge in [0.25, 0.3) is 0 Å².